The van der Waals surface area contributed by atoms with Gasteiger partial charge in [0.25, 0.3) is 10.0 Å². The molecule has 7 nitrogen and oxygen atoms in total. The normalized spacial score (nSPS) is 11.9. The molecule has 8 heteroatoms. The minimum atomic E-state index is -4.02. The van der Waals surface area contributed by atoms with E-state index in [4.69, 9.17) is 0 Å². The quantitative estimate of drug-likeness (QED) is 0.167. The highest BCUT2D eigenvalue weighted by molar-refractivity contribution is 7.90. The summed E-state index contributed by atoms with van der Waals surface area (Å²) in [6.07, 6.45) is 0.874. The fourth-order valence-corrected chi connectivity index (χ4v) is 5.90. The zero-order valence-electron chi connectivity index (χ0n) is 24.0. The molecule has 42 heavy (non-hydrogen) atoms. The third kappa shape index (κ3) is 8.30. The summed E-state index contributed by atoms with van der Waals surface area (Å²) in [4.78, 5) is 28.8. The number of nitrogens with one attached hydrogen (secondary N) is 2. The second-order valence-electron chi connectivity index (χ2n) is 10.3. The molecular formula is C34H37N3O4S. The zero-order chi connectivity index (χ0) is 30.0. The fourth-order valence-electron chi connectivity index (χ4n) is 4.88. The van der Waals surface area contributed by atoms with E-state index in [1.807, 2.05) is 85.9 Å². The summed E-state index contributed by atoms with van der Waals surface area (Å²) in [5, 5.41) is 3.50. The lowest BCUT2D eigenvalue weighted by molar-refractivity contribution is -0.119. The van der Waals surface area contributed by atoms with Gasteiger partial charge in [-0.1, -0.05) is 85.8 Å². The van der Waals surface area contributed by atoms with E-state index in [9.17, 15) is 18.0 Å². The van der Waals surface area contributed by atoms with Crippen molar-refractivity contribution in [3.63, 3.8) is 0 Å². The minimum absolute atomic E-state index is 0.00866. The van der Waals surface area contributed by atoms with Crippen molar-refractivity contribution >= 4 is 33.1 Å². The first kappa shape index (κ1) is 30.5. The maximum Gasteiger partial charge on any atom is 0.264 e. The second kappa shape index (κ2) is 14.5. The molecule has 0 heterocycles. The Bertz CT molecular complexity index is 1580. The molecule has 1 atom stereocenters. The summed E-state index contributed by atoms with van der Waals surface area (Å²) in [5.41, 5.74) is 4.29. The van der Waals surface area contributed by atoms with E-state index in [0.717, 1.165) is 35.5 Å². The average molecular weight is 584 g/mol. The predicted molar refractivity (Wildman–Crippen MR) is 168 cm³/mol. The molecular weight excluding hydrogens is 546 g/mol. The summed E-state index contributed by atoms with van der Waals surface area (Å²) < 4.78 is 27.6. The number of amides is 1. The van der Waals surface area contributed by atoms with E-state index in [1.165, 1.54) is 12.1 Å². The number of carbonyl (C=O) groups excluding carboxylic acids is 2. The SMILES string of the molecule is CCCN(C)c1ccc(C(=O)CC(CC(=O)NS(=O)(=O)c2ccccc2)c2ccccc2)cc1NCc1ccccc1. The number of benzene rings is 4. The van der Waals surface area contributed by atoms with Gasteiger partial charge in [-0.05, 0) is 53.8 Å². The van der Waals surface area contributed by atoms with Gasteiger partial charge in [0.05, 0.1) is 16.3 Å². The number of carbonyl (C=O) groups is 2. The molecule has 1 unspecified atom stereocenters. The summed E-state index contributed by atoms with van der Waals surface area (Å²) in [6, 6.07) is 32.7. The number of Topliss-reactive ketones (excluding diaryl/α,β-unsaturated/α-hetero) is 1. The lowest BCUT2D eigenvalue weighted by atomic mass is 9.88. The van der Waals surface area contributed by atoms with Crippen LogP contribution < -0.4 is 14.9 Å². The number of hydrogen-bond acceptors (Lipinski definition) is 6. The van der Waals surface area contributed by atoms with E-state index < -0.39 is 21.8 Å². The van der Waals surface area contributed by atoms with Crippen LogP contribution >= 0.6 is 0 Å². The number of ketones is 1. The molecule has 1 amide bonds. The predicted octanol–water partition coefficient (Wildman–Crippen LogP) is 6.40. The second-order valence-corrected chi connectivity index (χ2v) is 12.0. The van der Waals surface area contributed by atoms with Crippen molar-refractivity contribution in [2.24, 2.45) is 0 Å². The van der Waals surface area contributed by atoms with Crippen LogP contribution in [0.3, 0.4) is 0 Å². The van der Waals surface area contributed by atoms with Gasteiger partial charge in [-0.3, -0.25) is 9.59 Å². The Kier molecular flexibility index (Phi) is 10.5. The highest BCUT2D eigenvalue weighted by Crippen LogP contribution is 2.31. The number of nitrogens with zero attached hydrogens (tertiary/aromatic N) is 1. The van der Waals surface area contributed by atoms with Crippen molar-refractivity contribution in [1.29, 1.82) is 0 Å². The van der Waals surface area contributed by atoms with Crippen LogP contribution in [0.2, 0.25) is 0 Å². The zero-order valence-corrected chi connectivity index (χ0v) is 24.8. The molecule has 4 rings (SSSR count). The lowest BCUT2D eigenvalue weighted by Crippen LogP contribution is -2.31. The summed E-state index contributed by atoms with van der Waals surface area (Å²) in [6.45, 7) is 3.59. The summed E-state index contributed by atoms with van der Waals surface area (Å²) in [5.74, 6) is -1.30. The molecule has 0 aliphatic rings. The van der Waals surface area contributed by atoms with Crippen molar-refractivity contribution in [2.45, 2.75) is 43.5 Å². The first-order valence-corrected chi connectivity index (χ1v) is 15.6. The van der Waals surface area contributed by atoms with Gasteiger partial charge < -0.3 is 10.2 Å². The van der Waals surface area contributed by atoms with Gasteiger partial charge in [0.1, 0.15) is 0 Å². The third-order valence-corrected chi connectivity index (χ3v) is 8.44. The van der Waals surface area contributed by atoms with Gasteiger partial charge in [-0.25, -0.2) is 13.1 Å². The summed E-state index contributed by atoms with van der Waals surface area (Å²) in [7, 11) is -1.99. The van der Waals surface area contributed by atoms with E-state index in [-0.39, 0.29) is 23.5 Å². The van der Waals surface area contributed by atoms with Gasteiger partial charge in [-0.2, -0.15) is 0 Å². The van der Waals surface area contributed by atoms with Crippen molar-refractivity contribution < 1.29 is 18.0 Å². The summed E-state index contributed by atoms with van der Waals surface area (Å²) >= 11 is 0. The highest BCUT2D eigenvalue weighted by atomic mass is 32.2. The molecule has 0 aromatic heterocycles. The van der Waals surface area contributed by atoms with Crippen molar-refractivity contribution in [2.75, 3.05) is 23.8 Å². The smallest absolute Gasteiger partial charge is 0.264 e. The maximum absolute atomic E-state index is 13.7. The Morgan fingerprint density at radius 3 is 2.07 bits per heavy atom. The number of hydrogen-bond donors (Lipinski definition) is 2. The topological polar surface area (TPSA) is 95.6 Å². The molecule has 0 radical (unpaired) electrons. The molecule has 0 bridgehead atoms. The van der Waals surface area contributed by atoms with Gasteiger partial charge in [-0.15, -0.1) is 0 Å². The molecule has 218 valence electrons. The fraction of sp³-hybridized carbons (Fsp3) is 0.235. The molecule has 0 spiro atoms. The number of anilines is 2. The lowest BCUT2D eigenvalue weighted by Gasteiger charge is -2.23. The molecule has 4 aromatic rings. The van der Waals surface area contributed by atoms with Crippen molar-refractivity contribution in [3.8, 4) is 0 Å². The van der Waals surface area contributed by atoms with E-state index in [2.05, 4.69) is 21.9 Å². The van der Waals surface area contributed by atoms with Gasteiger partial charge in [0, 0.05) is 38.5 Å². The van der Waals surface area contributed by atoms with E-state index >= 15 is 0 Å². The first-order valence-electron chi connectivity index (χ1n) is 14.1. The number of sulfonamides is 1. The van der Waals surface area contributed by atoms with Crippen LogP contribution in [0.25, 0.3) is 0 Å². The molecule has 4 aromatic carbocycles. The average Bonchev–Trinajstić information content (AvgIpc) is 3.00. The largest absolute Gasteiger partial charge is 0.379 e. The van der Waals surface area contributed by atoms with Crippen LogP contribution in [-0.4, -0.2) is 33.7 Å². The van der Waals surface area contributed by atoms with Crippen molar-refractivity contribution in [1.82, 2.24) is 4.72 Å². The van der Waals surface area contributed by atoms with Crippen LogP contribution in [0, 0.1) is 0 Å². The third-order valence-electron chi connectivity index (χ3n) is 7.05. The Morgan fingerprint density at radius 2 is 1.43 bits per heavy atom. The molecule has 0 aliphatic carbocycles. The Hall–Kier alpha value is -4.43. The highest BCUT2D eigenvalue weighted by Gasteiger charge is 2.24. The van der Waals surface area contributed by atoms with Crippen LogP contribution in [0.15, 0.2) is 114 Å². The molecule has 0 saturated heterocycles. The molecule has 0 fully saturated rings. The van der Waals surface area contributed by atoms with Crippen LogP contribution in [0.4, 0.5) is 11.4 Å². The molecule has 0 saturated carbocycles. The minimum Gasteiger partial charge on any atom is -0.379 e. The Balaban J connectivity index is 1.55. The standard InChI is InChI=1S/C34H37N3O4S/c1-3-21-37(2)32-20-19-28(22-31(32)35-25-26-13-7-4-8-14-26)33(38)23-29(27-15-9-5-10-16-27)24-34(39)36-42(40,41)30-17-11-6-12-18-30/h4-20,22,29,35H,3,21,23-25H2,1-2H3,(H,36,39). The van der Waals surface area contributed by atoms with E-state index in [1.54, 1.807) is 18.2 Å². The Labute approximate surface area is 248 Å². The van der Waals surface area contributed by atoms with Gasteiger partial charge in [0.15, 0.2) is 5.78 Å². The van der Waals surface area contributed by atoms with Crippen LogP contribution in [-0.2, 0) is 21.4 Å². The van der Waals surface area contributed by atoms with Gasteiger partial charge in [0.2, 0.25) is 5.91 Å². The number of rotatable bonds is 14. The van der Waals surface area contributed by atoms with Crippen LogP contribution in [0.5, 0.6) is 0 Å². The van der Waals surface area contributed by atoms with Gasteiger partial charge >= 0.3 is 0 Å². The first-order chi connectivity index (χ1) is 20.3. The van der Waals surface area contributed by atoms with Crippen molar-refractivity contribution in [3.05, 3.63) is 126 Å². The Morgan fingerprint density at radius 1 is 0.810 bits per heavy atom. The monoisotopic (exact) mass is 583 g/mol. The maximum atomic E-state index is 13.7. The molecule has 0 aliphatic heterocycles. The van der Waals surface area contributed by atoms with E-state index in [0.29, 0.717) is 12.1 Å². The van der Waals surface area contributed by atoms with Crippen LogP contribution in [0.1, 0.15) is 53.6 Å². The molecule has 2 N–H and O–H groups in total.